The average Bonchev–Trinajstić information content (AvgIpc) is 2.95. The molecule has 0 radical (unpaired) electrons. The molecule has 0 spiro atoms. The minimum atomic E-state index is -0.313. The van der Waals surface area contributed by atoms with Crippen LogP contribution in [-0.2, 0) is 22.7 Å². The summed E-state index contributed by atoms with van der Waals surface area (Å²) in [5, 5.41) is 3.93. The largest absolute Gasteiger partial charge is 0.497 e. The Morgan fingerprint density at radius 2 is 1.92 bits per heavy atom. The van der Waals surface area contributed by atoms with Crippen LogP contribution in [0.5, 0.6) is 5.75 Å². The molecule has 0 bridgehead atoms. The number of thiazole rings is 1. The second-order valence-corrected chi connectivity index (χ2v) is 6.57. The zero-order chi connectivity index (χ0) is 17.8. The van der Waals surface area contributed by atoms with Gasteiger partial charge in [-0.15, -0.1) is 0 Å². The van der Waals surface area contributed by atoms with E-state index >= 15 is 0 Å². The number of rotatable bonds is 6. The molecule has 0 aliphatic carbocycles. The summed E-state index contributed by atoms with van der Waals surface area (Å²) in [6, 6.07) is 11.8. The zero-order valence-corrected chi connectivity index (χ0v) is 15.0. The van der Waals surface area contributed by atoms with E-state index in [0.717, 1.165) is 39.1 Å². The van der Waals surface area contributed by atoms with Crippen LogP contribution in [0.25, 0.3) is 10.8 Å². The predicted molar refractivity (Wildman–Crippen MR) is 98.2 cm³/mol. The number of hydrogen-bond acceptors (Lipinski definition) is 5. The van der Waals surface area contributed by atoms with Crippen molar-refractivity contribution < 1.29 is 14.3 Å². The molecule has 0 amide bonds. The normalized spacial score (nSPS) is 10.8. The lowest BCUT2D eigenvalue weighted by atomic mass is 10.1. The van der Waals surface area contributed by atoms with Gasteiger partial charge in [0.1, 0.15) is 12.4 Å². The van der Waals surface area contributed by atoms with Gasteiger partial charge < -0.3 is 14.0 Å². The first-order valence-corrected chi connectivity index (χ1v) is 8.82. The second kappa shape index (κ2) is 7.53. The van der Waals surface area contributed by atoms with Crippen LogP contribution in [-0.4, -0.2) is 17.6 Å². The number of esters is 1. The van der Waals surface area contributed by atoms with E-state index in [2.05, 4.69) is 0 Å². The van der Waals surface area contributed by atoms with Crippen molar-refractivity contribution in [3.63, 3.8) is 0 Å². The van der Waals surface area contributed by atoms with E-state index < -0.39 is 0 Å². The standard InChI is InChI=1S/C19H19NO4S/c1-13-12-25-19(22)20(13)8-7-18(21)24-11-14-3-4-16-10-17(23-2)6-5-15(16)9-14/h3-6,9-10,12H,7-8,11H2,1-2H3. The third kappa shape index (κ3) is 4.09. The van der Waals surface area contributed by atoms with Crippen LogP contribution in [0.4, 0.5) is 0 Å². The summed E-state index contributed by atoms with van der Waals surface area (Å²) in [6.07, 6.45) is 0.183. The Labute approximate surface area is 149 Å². The highest BCUT2D eigenvalue weighted by molar-refractivity contribution is 7.07. The summed E-state index contributed by atoms with van der Waals surface area (Å²) >= 11 is 1.14. The average molecular weight is 357 g/mol. The van der Waals surface area contributed by atoms with E-state index in [4.69, 9.17) is 9.47 Å². The maximum Gasteiger partial charge on any atom is 0.307 e. The van der Waals surface area contributed by atoms with Gasteiger partial charge >= 0.3 is 10.8 Å². The van der Waals surface area contributed by atoms with Crippen LogP contribution < -0.4 is 9.61 Å². The molecule has 5 nitrogen and oxygen atoms in total. The van der Waals surface area contributed by atoms with Gasteiger partial charge in [-0.2, -0.15) is 0 Å². The van der Waals surface area contributed by atoms with Crippen LogP contribution in [0.15, 0.2) is 46.6 Å². The first-order valence-electron chi connectivity index (χ1n) is 7.94. The number of carbonyl (C=O) groups is 1. The van der Waals surface area contributed by atoms with Crippen molar-refractivity contribution in [3.05, 3.63) is 62.7 Å². The molecule has 0 saturated carbocycles. The van der Waals surface area contributed by atoms with E-state index in [1.54, 1.807) is 17.1 Å². The number of fused-ring (bicyclic) bond motifs is 1. The molecule has 0 aliphatic heterocycles. The van der Waals surface area contributed by atoms with Gasteiger partial charge in [-0.25, -0.2) is 0 Å². The van der Waals surface area contributed by atoms with Crippen LogP contribution >= 0.6 is 11.3 Å². The number of carbonyl (C=O) groups excluding carboxylic acids is 1. The van der Waals surface area contributed by atoms with Crippen LogP contribution in [0.2, 0.25) is 0 Å². The topological polar surface area (TPSA) is 57.5 Å². The number of hydrogen-bond donors (Lipinski definition) is 0. The van der Waals surface area contributed by atoms with Crippen molar-refractivity contribution in [1.29, 1.82) is 0 Å². The lowest BCUT2D eigenvalue weighted by molar-refractivity contribution is -0.145. The molecular weight excluding hydrogens is 338 g/mol. The first kappa shape index (κ1) is 17.2. The van der Waals surface area contributed by atoms with Gasteiger partial charge in [-0.05, 0) is 41.5 Å². The third-order valence-corrected chi connectivity index (χ3v) is 4.91. The number of benzene rings is 2. The minimum Gasteiger partial charge on any atom is -0.497 e. The summed E-state index contributed by atoms with van der Waals surface area (Å²) in [6.45, 7) is 2.43. The highest BCUT2D eigenvalue weighted by atomic mass is 32.1. The zero-order valence-electron chi connectivity index (χ0n) is 14.2. The number of ether oxygens (including phenoxy) is 2. The molecule has 1 aromatic heterocycles. The maximum atomic E-state index is 11.9. The number of nitrogens with zero attached hydrogens (tertiary/aromatic N) is 1. The lowest BCUT2D eigenvalue weighted by Crippen LogP contribution is -2.17. The fourth-order valence-electron chi connectivity index (χ4n) is 2.60. The quantitative estimate of drug-likeness (QED) is 0.634. The van der Waals surface area contributed by atoms with Crippen molar-refractivity contribution in [2.24, 2.45) is 0 Å². The molecule has 3 rings (SSSR count). The molecule has 0 unspecified atom stereocenters. The van der Waals surface area contributed by atoms with Gasteiger partial charge in [0.25, 0.3) is 0 Å². The Bertz CT molecular complexity index is 957. The van der Waals surface area contributed by atoms with Gasteiger partial charge in [0.15, 0.2) is 0 Å². The van der Waals surface area contributed by atoms with Crippen LogP contribution in [0, 0.1) is 6.92 Å². The highest BCUT2D eigenvalue weighted by Gasteiger charge is 2.08. The summed E-state index contributed by atoms with van der Waals surface area (Å²) < 4.78 is 12.1. The van der Waals surface area contributed by atoms with E-state index in [1.807, 2.05) is 43.3 Å². The lowest BCUT2D eigenvalue weighted by Gasteiger charge is -2.08. The molecule has 25 heavy (non-hydrogen) atoms. The number of aryl methyl sites for hydroxylation is 1. The second-order valence-electron chi connectivity index (χ2n) is 5.75. The van der Waals surface area contributed by atoms with E-state index in [-0.39, 0.29) is 23.9 Å². The van der Waals surface area contributed by atoms with Gasteiger partial charge in [0.05, 0.1) is 13.5 Å². The van der Waals surface area contributed by atoms with Gasteiger partial charge in [0.2, 0.25) is 0 Å². The molecule has 0 fully saturated rings. The van der Waals surface area contributed by atoms with Gasteiger partial charge in [-0.1, -0.05) is 29.5 Å². The van der Waals surface area contributed by atoms with Gasteiger partial charge in [-0.3, -0.25) is 9.59 Å². The molecule has 3 aromatic rings. The Hall–Kier alpha value is -2.60. The van der Waals surface area contributed by atoms with Crippen molar-refractivity contribution in [3.8, 4) is 5.75 Å². The highest BCUT2D eigenvalue weighted by Crippen LogP contribution is 2.22. The number of methoxy groups -OCH3 is 1. The monoisotopic (exact) mass is 357 g/mol. The molecule has 1 heterocycles. The maximum absolute atomic E-state index is 11.9. The summed E-state index contributed by atoms with van der Waals surface area (Å²) in [7, 11) is 1.64. The minimum absolute atomic E-state index is 0.0461. The molecular formula is C19H19NO4S. The fraction of sp³-hybridized carbons (Fsp3) is 0.263. The molecule has 0 aliphatic rings. The summed E-state index contributed by atoms with van der Waals surface area (Å²) in [5.41, 5.74) is 1.79. The van der Waals surface area contributed by atoms with Crippen LogP contribution in [0.3, 0.4) is 0 Å². The van der Waals surface area contributed by atoms with Crippen molar-refractivity contribution in [2.45, 2.75) is 26.5 Å². The Morgan fingerprint density at radius 3 is 2.64 bits per heavy atom. The SMILES string of the molecule is COc1ccc2cc(COC(=O)CCn3c(C)csc3=O)ccc2c1. The van der Waals surface area contributed by atoms with Crippen molar-refractivity contribution in [1.82, 2.24) is 4.57 Å². The Kier molecular flexibility index (Phi) is 5.19. The molecule has 130 valence electrons. The third-order valence-electron chi connectivity index (χ3n) is 4.03. The Balaban J connectivity index is 1.58. The summed E-state index contributed by atoms with van der Waals surface area (Å²) in [5.74, 6) is 0.498. The predicted octanol–water partition coefficient (Wildman–Crippen LogP) is 3.51. The van der Waals surface area contributed by atoms with E-state index in [9.17, 15) is 9.59 Å². The molecule has 2 aromatic carbocycles. The Morgan fingerprint density at radius 1 is 1.16 bits per heavy atom. The number of aromatic nitrogens is 1. The molecule has 0 N–H and O–H groups in total. The molecule has 0 saturated heterocycles. The van der Waals surface area contributed by atoms with Crippen molar-refractivity contribution in [2.75, 3.05) is 7.11 Å². The van der Waals surface area contributed by atoms with E-state index in [0.29, 0.717) is 6.54 Å². The summed E-state index contributed by atoms with van der Waals surface area (Å²) in [4.78, 5) is 23.5. The first-order chi connectivity index (χ1) is 12.1. The van der Waals surface area contributed by atoms with Gasteiger partial charge in [0, 0.05) is 17.6 Å². The van der Waals surface area contributed by atoms with Crippen LogP contribution in [0.1, 0.15) is 17.7 Å². The molecule has 0 atom stereocenters. The molecule has 6 heteroatoms. The fourth-order valence-corrected chi connectivity index (χ4v) is 3.36. The van der Waals surface area contributed by atoms with E-state index in [1.165, 1.54) is 0 Å². The van der Waals surface area contributed by atoms with Crippen molar-refractivity contribution >= 4 is 28.1 Å². The smallest absolute Gasteiger partial charge is 0.307 e.